The largest absolute Gasteiger partial charge is 0.508 e. The number of aliphatic carboxylic acids is 1. The molecule has 0 saturated heterocycles. The zero-order valence-corrected chi connectivity index (χ0v) is 8.70. The van der Waals surface area contributed by atoms with Crippen LogP contribution in [0.1, 0.15) is 33.6 Å². The Balaban J connectivity index is 3.50. The van der Waals surface area contributed by atoms with E-state index in [9.17, 15) is 9.59 Å². The number of carbonyl (C=O) groups excluding carboxylic acids is 1. The van der Waals surface area contributed by atoms with Gasteiger partial charge in [0, 0.05) is 6.42 Å². The van der Waals surface area contributed by atoms with E-state index >= 15 is 0 Å². The van der Waals surface area contributed by atoms with Crippen LogP contribution in [0.5, 0.6) is 0 Å². The number of carboxylic acids is 1. The summed E-state index contributed by atoms with van der Waals surface area (Å²) in [5, 5.41) is 8.29. The number of carboxylic acid groups (broad SMARTS) is 1. The topological polar surface area (TPSA) is 72.8 Å². The van der Waals surface area contributed by atoms with E-state index in [1.54, 1.807) is 20.8 Å². The third-order valence-corrected chi connectivity index (χ3v) is 1.14. The van der Waals surface area contributed by atoms with Gasteiger partial charge in [-0.1, -0.05) is 0 Å². The van der Waals surface area contributed by atoms with Crippen LogP contribution in [0, 0.1) is 0 Å². The van der Waals surface area contributed by atoms with Gasteiger partial charge in [0.25, 0.3) is 0 Å². The van der Waals surface area contributed by atoms with Crippen LogP contribution in [0.3, 0.4) is 0 Å². The summed E-state index contributed by atoms with van der Waals surface area (Å²) in [7, 11) is 0. The van der Waals surface area contributed by atoms with Crippen molar-refractivity contribution in [2.75, 3.05) is 6.61 Å². The van der Waals surface area contributed by atoms with Gasteiger partial charge in [0.05, 0.1) is 6.61 Å². The second-order valence-corrected chi connectivity index (χ2v) is 3.81. The summed E-state index contributed by atoms with van der Waals surface area (Å²) in [6.45, 7) is 5.25. The fourth-order valence-electron chi connectivity index (χ4n) is 0.658. The van der Waals surface area contributed by atoms with Crippen molar-refractivity contribution in [3.63, 3.8) is 0 Å². The molecule has 0 saturated carbocycles. The first-order chi connectivity index (χ1) is 6.31. The monoisotopic (exact) mass is 204 g/mol. The van der Waals surface area contributed by atoms with Crippen molar-refractivity contribution in [2.24, 2.45) is 0 Å². The lowest BCUT2D eigenvalue weighted by Gasteiger charge is -2.18. The summed E-state index contributed by atoms with van der Waals surface area (Å²) >= 11 is 0. The Morgan fingerprint density at radius 2 is 1.86 bits per heavy atom. The van der Waals surface area contributed by atoms with Crippen molar-refractivity contribution < 1.29 is 24.2 Å². The van der Waals surface area contributed by atoms with E-state index in [0.717, 1.165) is 0 Å². The van der Waals surface area contributed by atoms with Gasteiger partial charge in [0.1, 0.15) is 5.60 Å². The molecule has 0 spiro atoms. The van der Waals surface area contributed by atoms with Crippen molar-refractivity contribution in [3.8, 4) is 0 Å². The first-order valence-electron chi connectivity index (χ1n) is 4.39. The summed E-state index contributed by atoms with van der Waals surface area (Å²) in [5.41, 5.74) is -0.579. The van der Waals surface area contributed by atoms with Gasteiger partial charge in [0.15, 0.2) is 0 Å². The highest BCUT2D eigenvalue weighted by Crippen LogP contribution is 2.08. The van der Waals surface area contributed by atoms with E-state index in [2.05, 4.69) is 4.74 Å². The molecular weight excluding hydrogens is 188 g/mol. The quantitative estimate of drug-likeness (QED) is 0.558. The average molecular weight is 204 g/mol. The van der Waals surface area contributed by atoms with Crippen LogP contribution in [0.25, 0.3) is 0 Å². The van der Waals surface area contributed by atoms with E-state index in [0.29, 0.717) is 6.42 Å². The van der Waals surface area contributed by atoms with E-state index in [1.807, 2.05) is 0 Å². The van der Waals surface area contributed by atoms with E-state index in [-0.39, 0.29) is 13.0 Å². The average Bonchev–Trinajstić information content (AvgIpc) is 1.94. The van der Waals surface area contributed by atoms with Gasteiger partial charge in [-0.15, -0.1) is 0 Å². The standard InChI is InChI=1S/C9H16O5/c1-9(2,3)14-8(12)13-6-4-5-7(10)11/h4-6H2,1-3H3,(H,10,11). The van der Waals surface area contributed by atoms with Crippen molar-refractivity contribution in [1.82, 2.24) is 0 Å². The molecule has 0 aliphatic carbocycles. The molecule has 0 unspecified atom stereocenters. The zero-order valence-electron chi connectivity index (χ0n) is 8.70. The molecule has 5 nitrogen and oxygen atoms in total. The molecule has 0 amide bonds. The van der Waals surface area contributed by atoms with Crippen LogP contribution in [0.15, 0.2) is 0 Å². The highest BCUT2D eigenvalue weighted by molar-refractivity contribution is 5.66. The van der Waals surface area contributed by atoms with Crippen LogP contribution in [0.4, 0.5) is 4.79 Å². The maximum Gasteiger partial charge on any atom is 0.508 e. The lowest BCUT2D eigenvalue weighted by Crippen LogP contribution is -2.24. The van der Waals surface area contributed by atoms with Gasteiger partial charge < -0.3 is 14.6 Å². The van der Waals surface area contributed by atoms with Crippen molar-refractivity contribution in [2.45, 2.75) is 39.2 Å². The van der Waals surface area contributed by atoms with Gasteiger partial charge in [0.2, 0.25) is 0 Å². The predicted octanol–water partition coefficient (Wildman–Crippen LogP) is 1.80. The zero-order chi connectivity index (χ0) is 11.2. The number of ether oxygens (including phenoxy) is 2. The molecule has 0 fully saturated rings. The van der Waals surface area contributed by atoms with Gasteiger partial charge in [-0.05, 0) is 27.2 Å². The summed E-state index contributed by atoms with van der Waals surface area (Å²) in [4.78, 5) is 21.0. The second kappa shape index (κ2) is 5.47. The molecule has 82 valence electrons. The Kier molecular flexibility index (Phi) is 4.97. The highest BCUT2D eigenvalue weighted by Gasteiger charge is 2.16. The second-order valence-electron chi connectivity index (χ2n) is 3.81. The molecule has 0 bridgehead atoms. The van der Waals surface area contributed by atoms with Crippen molar-refractivity contribution in [3.05, 3.63) is 0 Å². The van der Waals surface area contributed by atoms with Crippen LogP contribution in [-0.4, -0.2) is 29.4 Å². The maximum absolute atomic E-state index is 10.9. The number of hydrogen-bond donors (Lipinski definition) is 1. The van der Waals surface area contributed by atoms with E-state index in [1.165, 1.54) is 0 Å². The Labute approximate surface area is 83.0 Å². The number of carbonyl (C=O) groups is 2. The molecule has 1 N–H and O–H groups in total. The molecule has 0 rings (SSSR count). The lowest BCUT2D eigenvalue weighted by molar-refractivity contribution is -0.137. The molecule has 14 heavy (non-hydrogen) atoms. The van der Waals surface area contributed by atoms with Crippen LogP contribution >= 0.6 is 0 Å². The maximum atomic E-state index is 10.9. The molecule has 0 aromatic rings. The third kappa shape index (κ3) is 8.83. The Morgan fingerprint density at radius 1 is 1.29 bits per heavy atom. The molecule has 5 heteroatoms. The number of rotatable bonds is 4. The molecule has 0 atom stereocenters. The van der Waals surface area contributed by atoms with Gasteiger partial charge in [-0.25, -0.2) is 4.79 Å². The minimum atomic E-state index is -0.905. The molecule has 0 aromatic heterocycles. The van der Waals surface area contributed by atoms with Crippen LogP contribution in [0.2, 0.25) is 0 Å². The molecule has 0 aliphatic heterocycles. The lowest BCUT2D eigenvalue weighted by atomic mass is 10.2. The summed E-state index contributed by atoms with van der Waals surface area (Å²) in [6.07, 6.45) is -0.472. The predicted molar refractivity (Wildman–Crippen MR) is 49.1 cm³/mol. The SMILES string of the molecule is CC(C)(C)OC(=O)OCCCC(=O)O. The van der Waals surface area contributed by atoms with Crippen LogP contribution < -0.4 is 0 Å². The summed E-state index contributed by atoms with van der Waals surface area (Å²) in [6, 6.07) is 0. The molecular formula is C9H16O5. The van der Waals surface area contributed by atoms with E-state index < -0.39 is 17.7 Å². The third-order valence-electron chi connectivity index (χ3n) is 1.14. The highest BCUT2D eigenvalue weighted by atomic mass is 16.7. The molecule has 0 aliphatic rings. The molecule has 0 heterocycles. The fraction of sp³-hybridized carbons (Fsp3) is 0.778. The Hall–Kier alpha value is -1.26. The van der Waals surface area contributed by atoms with Crippen molar-refractivity contribution >= 4 is 12.1 Å². The summed E-state index contributed by atoms with van der Waals surface area (Å²) < 4.78 is 9.48. The minimum Gasteiger partial charge on any atom is -0.481 e. The first kappa shape index (κ1) is 12.7. The smallest absolute Gasteiger partial charge is 0.481 e. The summed E-state index contributed by atoms with van der Waals surface area (Å²) in [5.74, 6) is -0.905. The van der Waals surface area contributed by atoms with E-state index in [4.69, 9.17) is 9.84 Å². The van der Waals surface area contributed by atoms with Crippen LogP contribution in [-0.2, 0) is 14.3 Å². The van der Waals surface area contributed by atoms with Gasteiger partial charge >= 0.3 is 12.1 Å². The normalized spacial score (nSPS) is 10.8. The van der Waals surface area contributed by atoms with Crippen molar-refractivity contribution in [1.29, 1.82) is 0 Å². The minimum absolute atomic E-state index is 0.0111. The van der Waals surface area contributed by atoms with Gasteiger partial charge in [-0.3, -0.25) is 4.79 Å². The number of hydrogen-bond acceptors (Lipinski definition) is 4. The first-order valence-corrected chi connectivity index (χ1v) is 4.39. The van der Waals surface area contributed by atoms with Gasteiger partial charge in [-0.2, -0.15) is 0 Å². The fourth-order valence-corrected chi connectivity index (χ4v) is 0.658. The Morgan fingerprint density at radius 3 is 2.29 bits per heavy atom. The molecule has 0 aromatic carbocycles. The Bertz CT molecular complexity index is 204. The molecule has 0 radical (unpaired) electrons.